The van der Waals surface area contributed by atoms with Crippen LogP contribution in [-0.4, -0.2) is 11.0 Å². The molecule has 0 aromatic heterocycles. The van der Waals surface area contributed by atoms with Crippen LogP contribution in [0.2, 0.25) is 0 Å². The first kappa shape index (κ1) is 9.54. The lowest BCUT2D eigenvalue weighted by atomic mass is 10.4. The van der Waals surface area contributed by atoms with Crippen molar-refractivity contribution in [3.63, 3.8) is 0 Å². The van der Waals surface area contributed by atoms with E-state index in [0.29, 0.717) is 0 Å². The summed E-state index contributed by atoms with van der Waals surface area (Å²) < 4.78 is -0.712. The van der Waals surface area contributed by atoms with Gasteiger partial charge in [0.1, 0.15) is 0 Å². The molecule has 3 heteroatoms. The topological polar surface area (TPSA) is 12.0 Å². The number of hydrogen-bond acceptors (Lipinski definition) is 1. The SMILES string of the molecule is CCCNC(Cl)(Cl)CC. The molecule has 0 saturated carbocycles. The zero-order valence-corrected chi connectivity index (χ0v) is 7.39. The van der Waals surface area contributed by atoms with E-state index in [-0.39, 0.29) is 0 Å². The predicted molar refractivity (Wildman–Crippen MR) is 43.0 cm³/mol. The van der Waals surface area contributed by atoms with Crippen molar-refractivity contribution in [3.05, 3.63) is 0 Å². The van der Waals surface area contributed by atoms with E-state index >= 15 is 0 Å². The number of hydrogen-bond donors (Lipinski definition) is 1. The third-order valence-electron chi connectivity index (χ3n) is 1.08. The van der Waals surface area contributed by atoms with E-state index in [9.17, 15) is 0 Å². The van der Waals surface area contributed by atoms with Gasteiger partial charge in [0.15, 0.2) is 4.46 Å². The minimum Gasteiger partial charge on any atom is -0.286 e. The maximum absolute atomic E-state index is 5.75. The van der Waals surface area contributed by atoms with E-state index < -0.39 is 4.46 Å². The summed E-state index contributed by atoms with van der Waals surface area (Å²) in [4.78, 5) is 0. The Bertz CT molecular complexity index is 73.5. The highest BCUT2D eigenvalue weighted by atomic mass is 35.5. The van der Waals surface area contributed by atoms with Crippen molar-refractivity contribution < 1.29 is 0 Å². The Kier molecular flexibility index (Phi) is 4.63. The molecule has 0 heterocycles. The van der Waals surface area contributed by atoms with Gasteiger partial charge in [-0.1, -0.05) is 37.0 Å². The molecule has 56 valence electrons. The number of nitrogens with one attached hydrogen (secondary N) is 1. The van der Waals surface area contributed by atoms with Crippen molar-refractivity contribution in [1.29, 1.82) is 0 Å². The molecule has 0 unspecified atom stereocenters. The van der Waals surface area contributed by atoms with Crippen LogP contribution in [0.5, 0.6) is 0 Å². The monoisotopic (exact) mass is 169 g/mol. The van der Waals surface area contributed by atoms with Crippen molar-refractivity contribution in [2.75, 3.05) is 6.54 Å². The summed E-state index contributed by atoms with van der Waals surface area (Å²) in [6, 6.07) is 0. The van der Waals surface area contributed by atoms with Crippen LogP contribution in [0.4, 0.5) is 0 Å². The number of rotatable bonds is 4. The molecule has 0 fully saturated rings. The lowest BCUT2D eigenvalue weighted by Gasteiger charge is -2.17. The average molecular weight is 170 g/mol. The van der Waals surface area contributed by atoms with Crippen LogP contribution >= 0.6 is 23.2 Å². The van der Waals surface area contributed by atoms with Gasteiger partial charge in [-0.3, -0.25) is 5.32 Å². The summed E-state index contributed by atoms with van der Waals surface area (Å²) in [6.07, 6.45) is 1.79. The summed E-state index contributed by atoms with van der Waals surface area (Å²) in [5, 5.41) is 2.99. The molecule has 1 nitrogen and oxygen atoms in total. The zero-order valence-electron chi connectivity index (χ0n) is 5.88. The molecule has 0 atom stereocenters. The fraction of sp³-hybridized carbons (Fsp3) is 1.00. The Labute approximate surface area is 66.7 Å². The van der Waals surface area contributed by atoms with Gasteiger partial charge >= 0.3 is 0 Å². The Hall–Kier alpha value is 0.540. The lowest BCUT2D eigenvalue weighted by Crippen LogP contribution is -2.33. The normalized spacial score (nSPS) is 12.0. The van der Waals surface area contributed by atoms with Crippen molar-refractivity contribution in [2.45, 2.75) is 31.1 Å². The molecule has 0 saturated heterocycles. The van der Waals surface area contributed by atoms with Gasteiger partial charge in [-0.2, -0.15) is 0 Å². The first-order valence-corrected chi connectivity index (χ1v) is 4.01. The first-order chi connectivity index (χ1) is 4.12. The van der Waals surface area contributed by atoms with Crippen LogP contribution in [0.3, 0.4) is 0 Å². The van der Waals surface area contributed by atoms with Gasteiger partial charge in [-0.15, -0.1) is 0 Å². The Morgan fingerprint density at radius 3 is 2.22 bits per heavy atom. The predicted octanol–water partition coefficient (Wildman–Crippen LogP) is 2.53. The first-order valence-electron chi connectivity index (χ1n) is 3.25. The van der Waals surface area contributed by atoms with Gasteiger partial charge in [-0.25, -0.2) is 0 Å². The lowest BCUT2D eigenvalue weighted by molar-refractivity contribution is 0.570. The second kappa shape index (κ2) is 4.37. The Morgan fingerprint density at radius 2 is 1.89 bits per heavy atom. The molecule has 9 heavy (non-hydrogen) atoms. The molecule has 0 aliphatic rings. The highest BCUT2D eigenvalue weighted by molar-refractivity contribution is 6.47. The minimum atomic E-state index is -0.712. The highest BCUT2D eigenvalue weighted by Crippen LogP contribution is 2.20. The molecule has 0 aliphatic heterocycles. The highest BCUT2D eigenvalue weighted by Gasteiger charge is 2.18. The Balaban J connectivity index is 3.33. The molecule has 0 rings (SSSR count). The van der Waals surface area contributed by atoms with Crippen molar-refractivity contribution >= 4 is 23.2 Å². The summed E-state index contributed by atoms with van der Waals surface area (Å²) in [7, 11) is 0. The number of alkyl halides is 2. The summed E-state index contributed by atoms with van der Waals surface area (Å²) >= 11 is 11.5. The molecule has 0 aromatic carbocycles. The van der Waals surface area contributed by atoms with Gasteiger partial charge < -0.3 is 0 Å². The second-order valence-electron chi connectivity index (χ2n) is 1.98. The van der Waals surface area contributed by atoms with E-state index in [1.165, 1.54) is 0 Å². The van der Waals surface area contributed by atoms with E-state index in [2.05, 4.69) is 12.2 Å². The van der Waals surface area contributed by atoms with Gasteiger partial charge in [-0.05, 0) is 19.4 Å². The van der Waals surface area contributed by atoms with Crippen molar-refractivity contribution in [3.8, 4) is 0 Å². The van der Waals surface area contributed by atoms with Crippen LogP contribution in [0, 0.1) is 0 Å². The van der Waals surface area contributed by atoms with Gasteiger partial charge in [0.25, 0.3) is 0 Å². The fourth-order valence-electron chi connectivity index (χ4n) is 0.433. The minimum absolute atomic E-state index is 0.712. The van der Waals surface area contributed by atoms with Crippen LogP contribution in [0.25, 0.3) is 0 Å². The maximum Gasteiger partial charge on any atom is 0.168 e. The molecule has 0 bridgehead atoms. The fourth-order valence-corrected chi connectivity index (χ4v) is 0.622. The van der Waals surface area contributed by atoms with Crippen molar-refractivity contribution in [1.82, 2.24) is 5.32 Å². The molecule has 0 amide bonds. The third-order valence-corrected chi connectivity index (χ3v) is 1.88. The molecular formula is C6H13Cl2N. The van der Waals surface area contributed by atoms with E-state index in [1.807, 2.05) is 6.92 Å². The summed E-state index contributed by atoms with van der Waals surface area (Å²) in [5.74, 6) is 0. The van der Waals surface area contributed by atoms with E-state index in [0.717, 1.165) is 19.4 Å². The molecule has 1 N–H and O–H groups in total. The molecule has 0 spiro atoms. The quantitative estimate of drug-likeness (QED) is 0.505. The number of halogens is 2. The van der Waals surface area contributed by atoms with Crippen LogP contribution in [-0.2, 0) is 0 Å². The van der Waals surface area contributed by atoms with Crippen molar-refractivity contribution in [2.24, 2.45) is 0 Å². The second-order valence-corrected chi connectivity index (χ2v) is 3.47. The Morgan fingerprint density at radius 1 is 1.33 bits per heavy atom. The maximum atomic E-state index is 5.75. The summed E-state index contributed by atoms with van der Waals surface area (Å²) in [5.41, 5.74) is 0. The van der Waals surface area contributed by atoms with E-state index in [1.54, 1.807) is 0 Å². The summed E-state index contributed by atoms with van der Waals surface area (Å²) in [6.45, 7) is 4.90. The molecular weight excluding hydrogens is 157 g/mol. The van der Waals surface area contributed by atoms with Gasteiger partial charge in [0.05, 0.1) is 0 Å². The molecule has 0 aliphatic carbocycles. The van der Waals surface area contributed by atoms with E-state index in [4.69, 9.17) is 23.2 Å². The standard InChI is InChI=1S/C6H13Cl2N/c1-3-5-9-6(7,8)4-2/h9H,3-5H2,1-2H3. The third kappa shape index (κ3) is 5.01. The van der Waals surface area contributed by atoms with Crippen LogP contribution in [0.1, 0.15) is 26.7 Å². The molecule has 0 aromatic rings. The largest absolute Gasteiger partial charge is 0.286 e. The molecule has 0 radical (unpaired) electrons. The van der Waals surface area contributed by atoms with Gasteiger partial charge in [0, 0.05) is 0 Å². The average Bonchev–Trinajstić information content (AvgIpc) is 1.84. The van der Waals surface area contributed by atoms with Crippen LogP contribution in [0.15, 0.2) is 0 Å². The van der Waals surface area contributed by atoms with Gasteiger partial charge in [0.2, 0.25) is 0 Å². The smallest absolute Gasteiger partial charge is 0.168 e. The zero-order chi connectivity index (χ0) is 7.33. The van der Waals surface area contributed by atoms with Crippen LogP contribution < -0.4 is 5.32 Å².